The number of ketones is 1. The molecule has 2 aliphatic heterocycles. The molecule has 1 unspecified atom stereocenters. The Labute approximate surface area is 188 Å². The summed E-state index contributed by atoms with van der Waals surface area (Å²) in [7, 11) is 0. The van der Waals surface area contributed by atoms with Gasteiger partial charge >= 0.3 is 0 Å². The van der Waals surface area contributed by atoms with Gasteiger partial charge in [-0.2, -0.15) is 0 Å². The molecule has 1 atom stereocenters. The second-order valence-electron chi connectivity index (χ2n) is 8.47. The highest BCUT2D eigenvalue weighted by Gasteiger charge is 2.46. The van der Waals surface area contributed by atoms with Crippen LogP contribution in [0.25, 0.3) is 5.76 Å². The molecular formula is C26H29NO5. The Hall–Kier alpha value is -3.28. The number of benzene rings is 2. The topological polar surface area (TPSA) is 76.1 Å². The SMILES string of the molecule is CCCN1C(=O)C(=O)/C(=C(/O)c2ccc3c(c2)CCCO3)C1c1ccccc1OC(C)C. The molecule has 2 aliphatic rings. The van der Waals surface area contributed by atoms with E-state index in [1.54, 1.807) is 6.07 Å². The van der Waals surface area contributed by atoms with E-state index in [-0.39, 0.29) is 17.4 Å². The summed E-state index contributed by atoms with van der Waals surface area (Å²) in [6.07, 6.45) is 2.35. The highest BCUT2D eigenvalue weighted by molar-refractivity contribution is 6.46. The second-order valence-corrected chi connectivity index (χ2v) is 8.47. The number of para-hydroxylation sites is 1. The van der Waals surface area contributed by atoms with Gasteiger partial charge in [-0.05, 0) is 62.9 Å². The maximum atomic E-state index is 13.1. The van der Waals surface area contributed by atoms with Gasteiger partial charge in [0.15, 0.2) is 0 Å². The minimum absolute atomic E-state index is 0.0785. The number of aliphatic hydroxyl groups is 1. The van der Waals surface area contributed by atoms with Crippen LogP contribution in [-0.2, 0) is 16.0 Å². The summed E-state index contributed by atoms with van der Waals surface area (Å²) in [4.78, 5) is 27.6. The molecule has 1 amide bonds. The van der Waals surface area contributed by atoms with Crippen molar-refractivity contribution in [1.82, 2.24) is 4.90 Å². The van der Waals surface area contributed by atoms with E-state index in [1.165, 1.54) is 4.90 Å². The van der Waals surface area contributed by atoms with Crippen molar-refractivity contribution in [2.45, 2.75) is 52.2 Å². The van der Waals surface area contributed by atoms with Gasteiger partial charge in [0.25, 0.3) is 11.7 Å². The van der Waals surface area contributed by atoms with Gasteiger partial charge in [0, 0.05) is 17.7 Å². The zero-order valence-corrected chi connectivity index (χ0v) is 18.8. The van der Waals surface area contributed by atoms with Gasteiger partial charge in [-0.15, -0.1) is 0 Å². The Morgan fingerprint density at radius 3 is 2.75 bits per heavy atom. The molecule has 6 heteroatoms. The minimum Gasteiger partial charge on any atom is -0.507 e. The fourth-order valence-electron chi connectivity index (χ4n) is 4.41. The van der Waals surface area contributed by atoms with E-state index in [4.69, 9.17) is 9.47 Å². The van der Waals surface area contributed by atoms with Crippen LogP contribution in [0.3, 0.4) is 0 Å². The van der Waals surface area contributed by atoms with Crippen LogP contribution in [0.5, 0.6) is 11.5 Å². The molecule has 0 saturated carbocycles. The first-order valence-electron chi connectivity index (χ1n) is 11.2. The first-order chi connectivity index (χ1) is 15.4. The molecule has 168 valence electrons. The maximum Gasteiger partial charge on any atom is 0.295 e. The van der Waals surface area contributed by atoms with Crippen LogP contribution in [0.4, 0.5) is 0 Å². The summed E-state index contributed by atoms with van der Waals surface area (Å²) >= 11 is 0. The maximum absolute atomic E-state index is 13.1. The number of aryl methyl sites for hydroxylation is 1. The van der Waals surface area contributed by atoms with Crippen LogP contribution < -0.4 is 9.47 Å². The summed E-state index contributed by atoms with van der Waals surface area (Å²) in [5.41, 5.74) is 2.29. The number of rotatable bonds is 6. The van der Waals surface area contributed by atoms with Gasteiger partial charge in [-0.3, -0.25) is 9.59 Å². The molecule has 1 N–H and O–H groups in total. The lowest BCUT2D eigenvalue weighted by Gasteiger charge is -2.27. The molecule has 4 rings (SSSR count). The van der Waals surface area contributed by atoms with Crippen LogP contribution >= 0.6 is 0 Å². The van der Waals surface area contributed by atoms with E-state index in [9.17, 15) is 14.7 Å². The molecule has 1 fully saturated rings. The largest absolute Gasteiger partial charge is 0.507 e. The van der Waals surface area contributed by atoms with E-state index in [0.29, 0.717) is 36.4 Å². The average molecular weight is 436 g/mol. The van der Waals surface area contributed by atoms with Crippen LogP contribution in [0.2, 0.25) is 0 Å². The van der Waals surface area contributed by atoms with Gasteiger partial charge in [-0.1, -0.05) is 25.1 Å². The number of Topliss-reactive ketones (excluding diaryl/α,β-unsaturated/α-hetero) is 1. The summed E-state index contributed by atoms with van der Waals surface area (Å²) in [6, 6.07) is 12.1. The van der Waals surface area contributed by atoms with Crippen LogP contribution in [0, 0.1) is 0 Å². The Balaban J connectivity index is 1.87. The average Bonchev–Trinajstić information content (AvgIpc) is 3.03. The predicted molar refractivity (Wildman–Crippen MR) is 122 cm³/mol. The highest BCUT2D eigenvalue weighted by Crippen LogP contribution is 2.43. The summed E-state index contributed by atoms with van der Waals surface area (Å²) in [5.74, 6) is -0.0419. The van der Waals surface area contributed by atoms with Crippen molar-refractivity contribution in [1.29, 1.82) is 0 Å². The molecule has 0 aromatic heterocycles. The fraction of sp³-hybridized carbons (Fsp3) is 0.385. The van der Waals surface area contributed by atoms with E-state index in [2.05, 4.69) is 0 Å². The van der Waals surface area contributed by atoms with Crippen molar-refractivity contribution in [3.8, 4) is 11.5 Å². The summed E-state index contributed by atoms with van der Waals surface area (Å²) < 4.78 is 11.7. The Morgan fingerprint density at radius 2 is 2.00 bits per heavy atom. The molecule has 2 aromatic carbocycles. The first-order valence-corrected chi connectivity index (χ1v) is 11.2. The van der Waals surface area contributed by atoms with Gasteiger partial charge < -0.3 is 19.5 Å². The lowest BCUT2D eigenvalue weighted by atomic mass is 9.93. The van der Waals surface area contributed by atoms with Crippen LogP contribution in [0.1, 0.15) is 56.3 Å². The third kappa shape index (κ3) is 3.97. The number of amides is 1. The second kappa shape index (κ2) is 9.07. The van der Waals surface area contributed by atoms with E-state index in [0.717, 1.165) is 24.2 Å². The standard InChI is InChI=1S/C26H29NO5/c1-4-13-27-23(19-9-5-6-10-21(19)32-16(2)3)22(25(29)26(27)30)24(28)18-11-12-20-17(15-18)8-7-14-31-20/h5-6,9-12,15-16,23,28H,4,7-8,13-14H2,1-3H3/b24-22+. The Kier molecular flexibility index (Phi) is 6.21. The van der Waals surface area contributed by atoms with Crippen LogP contribution in [0.15, 0.2) is 48.0 Å². The lowest BCUT2D eigenvalue weighted by Crippen LogP contribution is -2.30. The summed E-state index contributed by atoms with van der Waals surface area (Å²) in [5, 5.41) is 11.3. The molecular weight excluding hydrogens is 406 g/mol. The number of nitrogens with zero attached hydrogens (tertiary/aromatic N) is 1. The molecule has 32 heavy (non-hydrogen) atoms. The number of aliphatic hydroxyl groups excluding tert-OH is 1. The molecule has 2 heterocycles. The van der Waals surface area contributed by atoms with Gasteiger partial charge in [0.2, 0.25) is 0 Å². The normalized spacial score (nSPS) is 19.8. The molecule has 0 bridgehead atoms. The number of hydrogen-bond donors (Lipinski definition) is 1. The number of carbonyl (C=O) groups excluding carboxylic acids is 2. The molecule has 0 aliphatic carbocycles. The monoisotopic (exact) mass is 435 g/mol. The number of hydrogen-bond acceptors (Lipinski definition) is 5. The van der Waals surface area contributed by atoms with E-state index in [1.807, 2.05) is 57.2 Å². The molecule has 0 radical (unpaired) electrons. The number of likely N-dealkylation sites (tertiary alicyclic amines) is 1. The predicted octanol–water partition coefficient (Wildman–Crippen LogP) is 4.63. The molecule has 6 nitrogen and oxygen atoms in total. The first kappa shape index (κ1) is 21.9. The lowest BCUT2D eigenvalue weighted by molar-refractivity contribution is -0.139. The van der Waals surface area contributed by atoms with E-state index < -0.39 is 17.7 Å². The van der Waals surface area contributed by atoms with Crippen molar-refractivity contribution >= 4 is 17.4 Å². The molecule has 0 spiro atoms. The molecule has 1 saturated heterocycles. The van der Waals surface area contributed by atoms with Gasteiger partial charge in [0.1, 0.15) is 17.3 Å². The zero-order valence-electron chi connectivity index (χ0n) is 18.8. The van der Waals surface area contributed by atoms with Crippen molar-refractivity contribution in [2.24, 2.45) is 0 Å². The van der Waals surface area contributed by atoms with Gasteiger partial charge in [0.05, 0.1) is 24.3 Å². The number of fused-ring (bicyclic) bond motifs is 1. The Bertz CT molecular complexity index is 1070. The fourth-order valence-corrected chi connectivity index (χ4v) is 4.41. The minimum atomic E-state index is -0.711. The van der Waals surface area contributed by atoms with Crippen molar-refractivity contribution in [3.63, 3.8) is 0 Å². The third-order valence-corrected chi connectivity index (χ3v) is 5.76. The number of carbonyl (C=O) groups is 2. The van der Waals surface area contributed by atoms with Gasteiger partial charge in [-0.25, -0.2) is 0 Å². The smallest absolute Gasteiger partial charge is 0.295 e. The van der Waals surface area contributed by atoms with Crippen molar-refractivity contribution in [3.05, 3.63) is 64.7 Å². The molecule has 2 aromatic rings. The third-order valence-electron chi connectivity index (χ3n) is 5.76. The number of ether oxygens (including phenoxy) is 2. The zero-order chi connectivity index (χ0) is 22.8. The highest BCUT2D eigenvalue weighted by atomic mass is 16.5. The van der Waals surface area contributed by atoms with Crippen molar-refractivity contribution in [2.75, 3.05) is 13.2 Å². The quantitative estimate of drug-likeness (QED) is 0.407. The summed E-state index contributed by atoms with van der Waals surface area (Å²) in [6.45, 7) is 6.88. The van der Waals surface area contributed by atoms with Crippen LogP contribution in [-0.4, -0.2) is 41.0 Å². The van der Waals surface area contributed by atoms with E-state index >= 15 is 0 Å². The van der Waals surface area contributed by atoms with Crippen molar-refractivity contribution < 1.29 is 24.2 Å². The Morgan fingerprint density at radius 1 is 1.22 bits per heavy atom.